The number of thiophene rings is 1. The Morgan fingerprint density at radius 2 is 2.09 bits per heavy atom. The number of anilines is 1. The van der Waals surface area contributed by atoms with Gasteiger partial charge in [0.2, 0.25) is 0 Å². The molecule has 0 spiro atoms. The summed E-state index contributed by atoms with van der Waals surface area (Å²) in [5.41, 5.74) is 0.929. The molecule has 0 aliphatic carbocycles. The van der Waals surface area contributed by atoms with E-state index >= 15 is 0 Å². The van der Waals surface area contributed by atoms with Crippen LogP contribution in [0.3, 0.4) is 0 Å². The van der Waals surface area contributed by atoms with E-state index in [9.17, 15) is 9.59 Å². The van der Waals surface area contributed by atoms with Crippen molar-refractivity contribution >= 4 is 28.3 Å². The number of esters is 1. The van der Waals surface area contributed by atoms with Gasteiger partial charge in [0.15, 0.2) is 5.06 Å². The summed E-state index contributed by atoms with van der Waals surface area (Å²) in [6, 6.07) is -0.630. The SMILES string of the molecule is CCOC(=O)c1c(NC(=O)NC(C)CCO)sc(OC)c1C. The van der Waals surface area contributed by atoms with Gasteiger partial charge in [-0.3, -0.25) is 5.32 Å². The molecule has 0 bridgehead atoms. The molecule has 1 heterocycles. The van der Waals surface area contributed by atoms with Crippen molar-refractivity contribution < 1.29 is 24.2 Å². The highest BCUT2D eigenvalue weighted by molar-refractivity contribution is 7.18. The number of rotatable bonds is 7. The van der Waals surface area contributed by atoms with Crippen molar-refractivity contribution in [2.24, 2.45) is 0 Å². The van der Waals surface area contributed by atoms with Crippen LogP contribution in [0, 0.1) is 6.92 Å². The summed E-state index contributed by atoms with van der Waals surface area (Å²) >= 11 is 1.16. The van der Waals surface area contributed by atoms with Gasteiger partial charge in [-0.2, -0.15) is 0 Å². The van der Waals surface area contributed by atoms with Crippen molar-refractivity contribution in [3.63, 3.8) is 0 Å². The van der Waals surface area contributed by atoms with Crippen LogP contribution in [-0.2, 0) is 4.74 Å². The normalized spacial score (nSPS) is 11.7. The number of aliphatic hydroxyl groups is 1. The van der Waals surface area contributed by atoms with Crippen LogP contribution in [0.5, 0.6) is 5.06 Å². The van der Waals surface area contributed by atoms with Crippen molar-refractivity contribution in [3.8, 4) is 5.06 Å². The number of carbonyl (C=O) groups is 2. The molecule has 1 rings (SSSR count). The largest absolute Gasteiger partial charge is 0.487 e. The number of methoxy groups -OCH3 is 1. The minimum Gasteiger partial charge on any atom is -0.487 e. The van der Waals surface area contributed by atoms with Crippen LogP contribution in [0.15, 0.2) is 0 Å². The maximum atomic E-state index is 12.0. The second-order valence-electron chi connectivity index (χ2n) is 4.66. The van der Waals surface area contributed by atoms with Crippen molar-refractivity contribution in [1.82, 2.24) is 5.32 Å². The highest BCUT2D eigenvalue weighted by atomic mass is 32.1. The van der Waals surface area contributed by atoms with E-state index in [1.165, 1.54) is 7.11 Å². The highest BCUT2D eigenvalue weighted by Crippen LogP contribution is 2.39. The van der Waals surface area contributed by atoms with Crippen LogP contribution in [0.2, 0.25) is 0 Å². The van der Waals surface area contributed by atoms with Gasteiger partial charge in [-0.15, -0.1) is 0 Å². The van der Waals surface area contributed by atoms with Crippen LogP contribution >= 0.6 is 11.3 Å². The molecule has 0 radical (unpaired) electrons. The fourth-order valence-corrected chi connectivity index (χ4v) is 2.86. The molecule has 124 valence electrons. The predicted octanol–water partition coefficient (Wildman–Crippen LogP) is 2.13. The van der Waals surface area contributed by atoms with E-state index in [2.05, 4.69) is 10.6 Å². The third-order valence-corrected chi connectivity index (χ3v) is 4.10. The van der Waals surface area contributed by atoms with Crippen molar-refractivity contribution in [3.05, 3.63) is 11.1 Å². The first kappa shape index (κ1) is 18.2. The molecule has 0 saturated carbocycles. The van der Waals surface area contributed by atoms with E-state index in [0.29, 0.717) is 27.6 Å². The molecular formula is C14H22N2O5S. The van der Waals surface area contributed by atoms with Gasteiger partial charge in [0, 0.05) is 18.2 Å². The molecule has 8 heteroatoms. The van der Waals surface area contributed by atoms with Crippen molar-refractivity contribution in [1.29, 1.82) is 0 Å². The molecular weight excluding hydrogens is 308 g/mol. The minimum absolute atomic E-state index is 0.0124. The molecule has 22 heavy (non-hydrogen) atoms. The smallest absolute Gasteiger partial charge is 0.341 e. The Balaban J connectivity index is 2.93. The summed E-state index contributed by atoms with van der Waals surface area (Å²) in [6.07, 6.45) is 0.449. The maximum absolute atomic E-state index is 12.0. The number of urea groups is 1. The summed E-state index contributed by atoms with van der Waals surface area (Å²) in [7, 11) is 1.50. The van der Waals surface area contributed by atoms with E-state index in [1.807, 2.05) is 0 Å². The Labute approximate surface area is 133 Å². The molecule has 0 fully saturated rings. The molecule has 0 aliphatic rings. The molecule has 1 aromatic heterocycles. The van der Waals surface area contributed by atoms with Gasteiger partial charge in [-0.25, -0.2) is 9.59 Å². The molecule has 0 aromatic carbocycles. The van der Waals surface area contributed by atoms with Gasteiger partial charge in [-0.05, 0) is 27.2 Å². The fourth-order valence-electron chi connectivity index (χ4n) is 1.85. The number of aliphatic hydroxyl groups excluding tert-OH is 1. The van der Waals surface area contributed by atoms with Gasteiger partial charge in [-0.1, -0.05) is 11.3 Å². The van der Waals surface area contributed by atoms with Gasteiger partial charge in [0.25, 0.3) is 0 Å². The monoisotopic (exact) mass is 330 g/mol. The molecule has 1 atom stereocenters. The Morgan fingerprint density at radius 3 is 2.64 bits per heavy atom. The summed E-state index contributed by atoms with van der Waals surface area (Å²) in [6.45, 7) is 5.46. The zero-order valence-electron chi connectivity index (χ0n) is 13.2. The van der Waals surface area contributed by atoms with Gasteiger partial charge < -0.3 is 19.9 Å². The van der Waals surface area contributed by atoms with E-state index in [0.717, 1.165) is 11.3 Å². The lowest BCUT2D eigenvalue weighted by atomic mass is 10.2. The number of nitrogens with one attached hydrogen (secondary N) is 2. The Hall–Kier alpha value is -1.80. The Bertz CT molecular complexity index is 530. The average Bonchev–Trinajstić information content (AvgIpc) is 2.74. The maximum Gasteiger partial charge on any atom is 0.341 e. The molecule has 1 unspecified atom stereocenters. The first-order valence-electron chi connectivity index (χ1n) is 6.97. The van der Waals surface area contributed by atoms with E-state index < -0.39 is 12.0 Å². The third-order valence-electron chi connectivity index (χ3n) is 2.93. The Kier molecular flexibility index (Phi) is 7.13. The van der Waals surface area contributed by atoms with Crippen molar-refractivity contribution in [2.75, 3.05) is 25.6 Å². The zero-order valence-corrected chi connectivity index (χ0v) is 14.0. The van der Waals surface area contributed by atoms with Crippen LogP contribution in [0.1, 0.15) is 36.2 Å². The number of ether oxygens (including phenoxy) is 2. The quantitative estimate of drug-likeness (QED) is 0.666. The topological polar surface area (TPSA) is 96.9 Å². The van der Waals surface area contributed by atoms with Crippen LogP contribution in [0.25, 0.3) is 0 Å². The zero-order chi connectivity index (χ0) is 16.7. The lowest BCUT2D eigenvalue weighted by Gasteiger charge is -2.13. The number of hydrogen-bond donors (Lipinski definition) is 3. The highest BCUT2D eigenvalue weighted by Gasteiger charge is 2.24. The van der Waals surface area contributed by atoms with Gasteiger partial charge in [0.05, 0.1) is 13.7 Å². The second-order valence-corrected chi connectivity index (χ2v) is 5.64. The summed E-state index contributed by atoms with van der Waals surface area (Å²) < 4.78 is 10.2. The number of carbonyl (C=O) groups excluding carboxylic acids is 2. The standard InChI is InChI=1S/C14H22N2O5S/c1-5-21-12(18)10-9(3)13(20-4)22-11(10)16-14(19)15-8(2)6-7-17/h8,17H,5-7H2,1-4H3,(H2,15,16,19). The minimum atomic E-state index is -0.502. The Morgan fingerprint density at radius 1 is 1.41 bits per heavy atom. The van der Waals surface area contributed by atoms with Crippen molar-refractivity contribution in [2.45, 2.75) is 33.2 Å². The lowest BCUT2D eigenvalue weighted by Crippen LogP contribution is -2.36. The molecule has 1 aromatic rings. The summed E-state index contributed by atoms with van der Waals surface area (Å²) in [5.74, 6) is -0.502. The fraction of sp³-hybridized carbons (Fsp3) is 0.571. The molecule has 0 aliphatic heterocycles. The van der Waals surface area contributed by atoms with E-state index in [1.54, 1.807) is 20.8 Å². The molecule has 0 saturated heterocycles. The first-order chi connectivity index (χ1) is 10.4. The van der Waals surface area contributed by atoms with Crippen LogP contribution in [0.4, 0.5) is 9.80 Å². The third kappa shape index (κ3) is 4.60. The number of hydrogen-bond acceptors (Lipinski definition) is 6. The lowest BCUT2D eigenvalue weighted by molar-refractivity contribution is 0.0527. The first-order valence-corrected chi connectivity index (χ1v) is 7.79. The summed E-state index contributed by atoms with van der Waals surface area (Å²) in [5, 5.41) is 15.1. The molecule has 3 N–H and O–H groups in total. The molecule has 7 nitrogen and oxygen atoms in total. The van der Waals surface area contributed by atoms with Crippen LogP contribution in [-0.4, -0.2) is 43.5 Å². The van der Waals surface area contributed by atoms with Gasteiger partial charge >= 0.3 is 12.0 Å². The number of amides is 2. The predicted molar refractivity (Wildman–Crippen MR) is 84.9 cm³/mol. The van der Waals surface area contributed by atoms with Gasteiger partial charge in [0.1, 0.15) is 10.6 Å². The van der Waals surface area contributed by atoms with E-state index in [4.69, 9.17) is 14.6 Å². The second kappa shape index (κ2) is 8.60. The van der Waals surface area contributed by atoms with E-state index in [-0.39, 0.29) is 19.3 Å². The summed E-state index contributed by atoms with van der Waals surface area (Å²) in [4.78, 5) is 24.0. The molecule has 2 amide bonds. The van der Waals surface area contributed by atoms with Crippen LogP contribution < -0.4 is 15.4 Å². The average molecular weight is 330 g/mol.